The van der Waals surface area contributed by atoms with E-state index in [1.165, 1.54) is 32.5 Å². The Hall–Kier alpha value is 0.557. The Labute approximate surface area is 70.0 Å². The summed E-state index contributed by atoms with van der Waals surface area (Å²) < 4.78 is 0. The molecule has 2 heteroatoms. The number of nitrogens with zero attached hydrogens (tertiary/aromatic N) is 1. The Morgan fingerprint density at radius 1 is 1.22 bits per heavy atom. The molecule has 0 amide bonds. The van der Waals surface area contributed by atoms with Gasteiger partial charge in [0.1, 0.15) is 0 Å². The first kappa shape index (κ1) is 9.56. The largest absolute Gasteiger partial charge is 1.00 e. The van der Waals surface area contributed by atoms with Crippen LogP contribution < -0.4 is 18.9 Å². The van der Waals surface area contributed by atoms with Crippen molar-refractivity contribution < 1.29 is 18.9 Å². The van der Waals surface area contributed by atoms with Gasteiger partial charge in [-0.15, -0.1) is 0 Å². The van der Waals surface area contributed by atoms with E-state index >= 15 is 0 Å². The first-order chi connectivity index (χ1) is 3.93. The van der Waals surface area contributed by atoms with Crippen LogP contribution in [0.2, 0.25) is 0 Å². The average molecular weight is 119 g/mol. The zero-order valence-electron chi connectivity index (χ0n) is 6.40. The van der Waals surface area contributed by atoms with Gasteiger partial charge >= 0.3 is 18.9 Å². The SMILES string of the molecule is [CH2-]CCN1CCCC1.[Li+]. The van der Waals surface area contributed by atoms with E-state index < -0.39 is 0 Å². The van der Waals surface area contributed by atoms with E-state index in [2.05, 4.69) is 11.8 Å². The van der Waals surface area contributed by atoms with Crippen LogP contribution in [-0.4, -0.2) is 24.5 Å². The number of likely N-dealkylation sites (tertiary alicyclic amines) is 1. The standard InChI is InChI=1S/C7H14N.Li/c1-2-5-8-6-3-4-7-8;/h1-7H2;/q-1;+1. The van der Waals surface area contributed by atoms with Gasteiger partial charge in [0.2, 0.25) is 0 Å². The molecule has 0 aromatic rings. The van der Waals surface area contributed by atoms with Gasteiger partial charge in [0.25, 0.3) is 0 Å². The van der Waals surface area contributed by atoms with E-state index in [9.17, 15) is 0 Å². The summed E-state index contributed by atoms with van der Waals surface area (Å²) in [4.78, 5) is 2.48. The number of hydrogen-bond donors (Lipinski definition) is 0. The molecule has 0 spiro atoms. The summed E-state index contributed by atoms with van der Waals surface area (Å²) >= 11 is 0. The van der Waals surface area contributed by atoms with Crippen molar-refractivity contribution in [1.29, 1.82) is 0 Å². The molecular formula is C7H14LiN. The third kappa shape index (κ3) is 3.30. The van der Waals surface area contributed by atoms with Gasteiger partial charge in [-0.3, -0.25) is 0 Å². The zero-order chi connectivity index (χ0) is 5.82. The summed E-state index contributed by atoms with van der Waals surface area (Å²) in [6.07, 6.45) is 3.88. The van der Waals surface area contributed by atoms with Crippen molar-refractivity contribution in [1.82, 2.24) is 4.90 Å². The fraction of sp³-hybridized carbons (Fsp3) is 0.857. The molecule has 1 fully saturated rings. The maximum Gasteiger partial charge on any atom is 1.00 e. The Kier molecular flexibility index (Phi) is 5.68. The summed E-state index contributed by atoms with van der Waals surface area (Å²) in [6, 6.07) is 0. The van der Waals surface area contributed by atoms with E-state index in [0.717, 1.165) is 6.42 Å². The Bertz CT molecular complexity index is 59.9. The summed E-state index contributed by atoms with van der Waals surface area (Å²) in [7, 11) is 0. The fourth-order valence-electron chi connectivity index (χ4n) is 1.23. The van der Waals surface area contributed by atoms with Crippen LogP contribution in [0.1, 0.15) is 19.3 Å². The predicted octanol–water partition coefficient (Wildman–Crippen LogP) is -1.69. The molecule has 0 bridgehead atoms. The van der Waals surface area contributed by atoms with Crippen molar-refractivity contribution in [2.24, 2.45) is 0 Å². The van der Waals surface area contributed by atoms with Crippen LogP contribution in [-0.2, 0) is 0 Å². The van der Waals surface area contributed by atoms with Gasteiger partial charge in [-0.25, -0.2) is 0 Å². The average Bonchev–Trinajstić information content (AvgIpc) is 2.19. The first-order valence-corrected chi connectivity index (χ1v) is 3.45. The molecule has 0 aromatic carbocycles. The molecule has 1 nitrogen and oxygen atoms in total. The molecule has 1 aliphatic heterocycles. The molecule has 1 heterocycles. The zero-order valence-corrected chi connectivity index (χ0v) is 6.40. The molecule has 0 saturated carbocycles. The second kappa shape index (κ2) is 5.35. The number of hydrogen-bond acceptors (Lipinski definition) is 1. The molecule has 9 heavy (non-hydrogen) atoms. The monoisotopic (exact) mass is 119 g/mol. The first-order valence-electron chi connectivity index (χ1n) is 3.45. The van der Waals surface area contributed by atoms with Crippen molar-refractivity contribution in [3.8, 4) is 0 Å². The normalized spacial score (nSPS) is 19.7. The van der Waals surface area contributed by atoms with Gasteiger partial charge in [0.15, 0.2) is 0 Å². The summed E-state index contributed by atoms with van der Waals surface area (Å²) in [6.45, 7) is 7.65. The molecule has 0 N–H and O–H groups in total. The summed E-state index contributed by atoms with van der Waals surface area (Å²) in [5.74, 6) is 0. The smallest absolute Gasteiger partial charge is 0.342 e. The van der Waals surface area contributed by atoms with Crippen LogP contribution in [0.15, 0.2) is 0 Å². The molecule has 0 radical (unpaired) electrons. The predicted molar refractivity (Wildman–Crippen MR) is 35.6 cm³/mol. The summed E-state index contributed by atoms with van der Waals surface area (Å²) in [5, 5.41) is 0. The third-order valence-electron chi connectivity index (χ3n) is 1.67. The topological polar surface area (TPSA) is 3.24 Å². The molecule has 1 aliphatic rings. The van der Waals surface area contributed by atoms with Crippen LogP contribution in [0.5, 0.6) is 0 Å². The number of rotatable bonds is 2. The van der Waals surface area contributed by atoms with E-state index in [1.54, 1.807) is 0 Å². The van der Waals surface area contributed by atoms with Crippen molar-refractivity contribution in [3.05, 3.63) is 6.92 Å². The molecule has 0 atom stereocenters. The fourth-order valence-corrected chi connectivity index (χ4v) is 1.23. The van der Waals surface area contributed by atoms with Gasteiger partial charge < -0.3 is 11.8 Å². The van der Waals surface area contributed by atoms with E-state index in [1.807, 2.05) is 0 Å². The quantitative estimate of drug-likeness (QED) is 0.310. The van der Waals surface area contributed by atoms with Crippen molar-refractivity contribution in [2.75, 3.05) is 19.6 Å². The summed E-state index contributed by atoms with van der Waals surface area (Å²) in [5.41, 5.74) is 0. The molecule has 0 unspecified atom stereocenters. The van der Waals surface area contributed by atoms with E-state index in [0.29, 0.717) is 0 Å². The minimum absolute atomic E-state index is 0. The van der Waals surface area contributed by atoms with Crippen molar-refractivity contribution >= 4 is 0 Å². The van der Waals surface area contributed by atoms with Gasteiger partial charge in [-0.2, -0.15) is 6.42 Å². The molecule has 1 saturated heterocycles. The van der Waals surface area contributed by atoms with Crippen molar-refractivity contribution in [3.63, 3.8) is 0 Å². The minimum atomic E-state index is 0. The molecule has 0 aromatic heterocycles. The Morgan fingerprint density at radius 2 is 1.78 bits per heavy atom. The van der Waals surface area contributed by atoms with Gasteiger partial charge in [0, 0.05) is 0 Å². The maximum atomic E-state index is 3.81. The van der Waals surface area contributed by atoms with E-state index in [-0.39, 0.29) is 18.9 Å². The van der Waals surface area contributed by atoms with Crippen LogP contribution in [0.3, 0.4) is 0 Å². The maximum absolute atomic E-state index is 3.81. The van der Waals surface area contributed by atoms with Gasteiger partial charge in [-0.1, -0.05) is 0 Å². The van der Waals surface area contributed by atoms with Crippen LogP contribution >= 0.6 is 0 Å². The van der Waals surface area contributed by atoms with Crippen LogP contribution in [0.4, 0.5) is 0 Å². The second-order valence-electron chi connectivity index (χ2n) is 2.40. The Balaban J connectivity index is 0.000000640. The van der Waals surface area contributed by atoms with Crippen LogP contribution in [0, 0.1) is 6.92 Å². The minimum Gasteiger partial charge on any atom is -0.342 e. The molecule has 0 aliphatic carbocycles. The molecule has 48 valence electrons. The Morgan fingerprint density at radius 3 is 2.22 bits per heavy atom. The molecular weight excluding hydrogens is 105 g/mol. The van der Waals surface area contributed by atoms with Gasteiger partial charge in [-0.05, 0) is 32.5 Å². The van der Waals surface area contributed by atoms with E-state index in [4.69, 9.17) is 0 Å². The van der Waals surface area contributed by atoms with Crippen molar-refractivity contribution in [2.45, 2.75) is 19.3 Å². The van der Waals surface area contributed by atoms with Gasteiger partial charge in [0.05, 0.1) is 0 Å². The third-order valence-corrected chi connectivity index (χ3v) is 1.67. The molecule has 1 rings (SSSR count). The second-order valence-corrected chi connectivity index (χ2v) is 2.40. The van der Waals surface area contributed by atoms with Crippen LogP contribution in [0.25, 0.3) is 0 Å².